The molecule has 0 unspecified atom stereocenters. The molecule has 5 nitrogen and oxygen atoms in total. The fourth-order valence-corrected chi connectivity index (χ4v) is 4.36. The van der Waals surface area contributed by atoms with Crippen molar-refractivity contribution in [1.82, 2.24) is 14.9 Å². The lowest BCUT2D eigenvalue weighted by Gasteiger charge is -2.29. The van der Waals surface area contributed by atoms with Crippen LogP contribution in [0.25, 0.3) is 5.69 Å². The number of halogens is 1. The Labute approximate surface area is 184 Å². The van der Waals surface area contributed by atoms with Crippen LogP contribution in [0, 0.1) is 5.82 Å². The molecule has 2 N–H and O–H groups in total. The summed E-state index contributed by atoms with van der Waals surface area (Å²) in [6, 6.07) is 22.7. The minimum atomic E-state index is -0.299. The maximum absolute atomic E-state index is 13.6. The zero-order chi connectivity index (χ0) is 21.4. The van der Waals surface area contributed by atoms with E-state index in [4.69, 9.17) is 12.2 Å². The molecule has 1 saturated heterocycles. The van der Waals surface area contributed by atoms with Crippen molar-refractivity contribution in [3.8, 4) is 11.4 Å². The highest BCUT2D eigenvalue weighted by Crippen LogP contribution is 2.42. The second kappa shape index (κ2) is 7.85. The molecule has 4 aromatic rings. The van der Waals surface area contributed by atoms with Crippen molar-refractivity contribution >= 4 is 23.0 Å². The van der Waals surface area contributed by atoms with Crippen LogP contribution in [-0.2, 0) is 0 Å². The summed E-state index contributed by atoms with van der Waals surface area (Å²) in [5, 5.41) is 13.6. The number of hydrogen-bond donors (Lipinski definition) is 2. The largest absolute Gasteiger partial charge is 0.508 e. The highest BCUT2D eigenvalue weighted by molar-refractivity contribution is 7.80. The molecule has 154 valence electrons. The molecule has 2 aromatic carbocycles. The monoisotopic (exact) mass is 430 g/mol. The lowest BCUT2D eigenvalue weighted by Crippen LogP contribution is -2.30. The van der Waals surface area contributed by atoms with Crippen LogP contribution in [0.3, 0.4) is 0 Å². The number of hydrogen-bond acceptors (Lipinski definition) is 3. The van der Waals surface area contributed by atoms with E-state index >= 15 is 0 Å². The van der Waals surface area contributed by atoms with Crippen molar-refractivity contribution in [1.29, 1.82) is 0 Å². The van der Waals surface area contributed by atoms with Gasteiger partial charge in [-0.25, -0.2) is 4.39 Å². The first-order chi connectivity index (χ1) is 15.1. The van der Waals surface area contributed by atoms with Crippen LogP contribution < -0.4 is 10.2 Å². The highest BCUT2D eigenvalue weighted by Gasteiger charge is 2.42. The van der Waals surface area contributed by atoms with Crippen molar-refractivity contribution in [2.45, 2.75) is 12.1 Å². The summed E-state index contributed by atoms with van der Waals surface area (Å²) in [5.41, 5.74) is 3.55. The van der Waals surface area contributed by atoms with Crippen LogP contribution in [0.4, 0.5) is 10.1 Å². The van der Waals surface area contributed by atoms with Crippen molar-refractivity contribution in [2.75, 3.05) is 4.90 Å². The van der Waals surface area contributed by atoms with E-state index in [9.17, 15) is 9.50 Å². The Morgan fingerprint density at radius 1 is 0.903 bits per heavy atom. The van der Waals surface area contributed by atoms with Crippen LogP contribution in [0.5, 0.6) is 5.75 Å². The average molecular weight is 431 g/mol. The van der Waals surface area contributed by atoms with Gasteiger partial charge in [0.25, 0.3) is 0 Å². The van der Waals surface area contributed by atoms with Gasteiger partial charge in [-0.3, -0.25) is 4.98 Å². The Hall–Kier alpha value is -3.71. The minimum absolute atomic E-state index is 0.204. The molecule has 0 bridgehead atoms. The summed E-state index contributed by atoms with van der Waals surface area (Å²) >= 11 is 5.71. The van der Waals surface area contributed by atoms with E-state index in [0.717, 1.165) is 22.8 Å². The zero-order valence-electron chi connectivity index (χ0n) is 16.4. The number of phenols is 1. The van der Waals surface area contributed by atoms with Crippen LogP contribution in [0.1, 0.15) is 23.5 Å². The molecule has 0 spiro atoms. The van der Waals surface area contributed by atoms with E-state index in [1.165, 1.54) is 12.1 Å². The summed E-state index contributed by atoms with van der Waals surface area (Å²) in [6.07, 6.45) is 3.73. The predicted octanol–water partition coefficient (Wildman–Crippen LogP) is 4.89. The molecule has 0 aliphatic carbocycles. The van der Waals surface area contributed by atoms with Gasteiger partial charge in [0.1, 0.15) is 17.6 Å². The number of pyridine rings is 1. The lowest BCUT2D eigenvalue weighted by molar-refractivity contribution is 0.475. The lowest BCUT2D eigenvalue weighted by atomic mass is 10.0. The number of aromatic hydroxyl groups is 1. The quantitative estimate of drug-likeness (QED) is 0.452. The van der Waals surface area contributed by atoms with E-state index < -0.39 is 0 Å². The molecule has 1 aliphatic rings. The molecule has 3 heterocycles. The third-order valence-corrected chi connectivity index (χ3v) is 5.73. The third-order valence-electron chi connectivity index (χ3n) is 5.41. The van der Waals surface area contributed by atoms with Gasteiger partial charge in [0.15, 0.2) is 5.11 Å². The fraction of sp³-hybridized carbons (Fsp3) is 0.0833. The van der Waals surface area contributed by atoms with Gasteiger partial charge in [-0.1, -0.05) is 6.07 Å². The van der Waals surface area contributed by atoms with Gasteiger partial charge < -0.3 is 19.9 Å². The molecule has 1 aliphatic heterocycles. The van der Waals surface area contributed by atoms with Crippen LogP contribution in [0.15, 0.2) is 91.3 Å². The molecule has 0 amide bonds. The number of anilines is 1. The molecule has 31 heavy (non-hydrogen) atoms. The summed E-state index contributed by atoms with van der Waals surface area (Å²) < 4.78 is 15.7. The molecule has 2 atom stereocenters. The molecule has 7 heteroatoms. The van der Waals surface area contributed by atoms with Gasteiger partial charge in [0.2, 0.25) is 0 Å². The average Bonchev–Trinajstić information content (AvgIpc) is 3.40. The molecule has 1 fully saturated rings. The first kappa shape index (κ1) is 19.3. The normalized spacial score (nSPS) is 18.2. The van der Waals surface area contributed by atoms with Gasteiger partial charge in [-0.15, -0.1) is 0 Å². The first-order valence-corrected chi connectivity index (χ1v) is 10.3. The second-order valence-electron chi connectivity index (χ2n) is 7.29. The number of rotatable bonds is 4. The highest BCUT2D eigenvalue weighted by atomic mass is 32.1. The van der Waals surface area contributed by atoms with Gasteiger partial charge in [0, 0.05) is 29.5 Å². The molecule has 0 saturated carbocycles. The summed E-state index contributed by atoms with van der Waals surface area (Å²) in [5.74, 6) is -0.0902. The molecule has 5 rings (SSSR count). The maximum Gasteiger partial charge on any atom is 0.174 e. The summed E-state index contributed by atoms with van der Waals surface area (Å²) in [6.45, 7) is 0. The Bertz CT molecular complexity index is 1210. The molecule has 0 radical (unpaired) electrons. The van der Waals surface area contributed by atoms with Gasteiger partial charge in [-0.05, 0) is 85.0 Å². The smallest absolute Gasteiger partial charge is 0.174 e. The zero-order valence-corrected chi connectivity index (χ0v) is 17.2. The second-order valence-corrected chi connectivity index (χ2v) is 7.68. The number of thiocarbonyl (C=S) groups is 1. The number of nitrogens with zero attached hydrogens (tertiary/aromatic N) is 3. The van der Waals surface area contributed by atoms with Crippen LogP contribution in [-0.4, -0.2) is 19.8 Å². The topological polar surface area (TPSA) is 53.3 Å². The molecular weight excluding hydrogens is 411 g/mol. The Balaban J connectivity index is 1.66. The van der Waals surface area contributed by atoms with Crippen molar-refractivity contribution in [2.24, 2.45) is 0 Å². The van der Waals surface area contributed by atoms with E-state index in [-0.39, 0.29) is 23.7 Å². The van der Waals surface area contributed by atoms with E-state index in [2.05, 4.69) is 14.9 Å². The van der Waals surface area contributed by atoms with Crippen molar-refractivity contribution in [3.63, 3.8) is 0 Å². The van der Waals surface area contributed by atoms with Crippen molar-refractivity contribution < 1.29 is 9.50 Å². The fourth-order valence-electron chi connectivity index (χ4n) is 4.02. The Morgan fingerprint density at radius 2 is 1.65 bits per heavy atom. The summed E-state index contributed by atoms with van der Waals surface area (Å²) in [4.78, 5) is 6.56. The predicted molar refractivity (Wildman–Crippen MR) is 122 cm³/mol. The van der Waals surface area contributed by atoms with E-state index in [1.54, 1.807) is 30.5 Å². The van der Waals surface area contributed by atoms with Crippen molar-refractivity contribution in [3.05, 3.63) is 108 Å². The van der Waals surface area contributed by atoms with E-state index in [0.29, 0.717) is 5.11 Å². The SMILES string of the molecule is Oc1ccc(-n2cccc2[C@H]2[C@@H](c3ccccn3)NC(=S)N2c2ccc(F)cc2)cc1. The summed E-state index contributed by atoms with van der Waals surface area (Å²) in [7, 11) is 0. The number of phenolic OH excluding ortho intramolecular Hbond substituents is 1. The molecular formula is C24H19FN4OS. The number of aromatic nitrogens is 2. The van der Waals surface area contributed by atoms with Crippen LogP contribution in [0.2, 0.25) is 0 Å². The third kappa shape index (κ3) is 3.53. The Kier molecular flexibility index (Phi) is 4.88. The standard InChI is InChI=1S/C24H19FN4OS/c25-16-6-8-18(9-7-16)29-23(22(27-24(29)31)20-4-1-2-14-26-20)21-5-3-15-28(21)17-10-12-19(30)13-11-17/h1-15,22-23,30H,(H,27,31)/t22-,23+/m1/s1. The minimum Gasteiger partial charge on any atom is -0.508 e. The van der Waals surface area contributed by atoms with E-state index in [1.807, 2.05) is 53.6 Å². The number of benzene rings is 2. The molecule has 2 aromatic heterocycles. The number of nitrogens with one attached hydrogen (secondary N) is 1. The Morgan fingerprint density at radius 3 is 2.35 bits per heavy atom. The van der Waals surface area contributed by atoms with Gasteiger partial charge >= 0.3 is 0 Å². The van der Waals surface area contributed by atoms with Crippen LogP contribution >= 0.6 is 12.2 Å². The van der Waals surface area contributed by atoms with Gasteiger partial charge in [-0.2, -0.15) is 0 Å². The maximum atomic E-state index is 13.6. The van der Waals surface area contributed by atoms with Gasteiger partial charge in [0.05, 0.1) is 11.7 Å². The first-order valence-electron chi connectivity index (χ1n) is 9.85.